The van der Waals surface area contributed by atoms with E-state index in [0.717, 1.165) is 22.8 Å². The van der Waals surface area contributed by atoms with E-state index >= 15 is 0 Å². The van der Waals surface area contributed by atoms with E-state index in [1.807, 2.05) is 68.4 Å². The molecule has 0 unspecified atom stereocenters. The molecule has 0 atom stereocenters. The van der Waals surface area contributed by atoms with Crippen molar-refractivity contribution >= 4 is 11.6 Å². The molecule has 7 aromatic rings. The summed E-state index contributed by atoms with van der Waals surface area (Å²) in [5.41, 5.74) is 14.7. The van der Waals surface area contributed by atoms with E-state index in [2.05, 4.69) is 128 Å². The number of ether oxygens (including phenoxy) is 3. The van der Waals surface area contributed by atoms with Crippen LogP contribution >= 0.6 is 11.6 Å². The molecule has 92 heavy (non-hydrogen) atoms. The molecular weight excluding hydrogens is 1200 g/mol. The Morgan fingerprint density at radius 3 is 1.10 bits per heavy atom. The molecule has 0 aliphatic carbocycles. The average Bonchev–Trinajstić information content (AvgIpc) is 0.925. The van der Waals surface area contributed by atoms with Gasteiger partial charge in [0.05, 0.1) is 26.4 Å². The first kappa shape index (κ1) is 83.7. The van der Waals surface area contributed by atoms with Gasteiger partial charge in [0.25, 0.3) is 0 Å². The number of methoxy groups -OCH3 is 3. The number of rotatable bonds is 3. The van der Waals surface area contributed by atoms with Gasteiger partial charge in [-0.25, -0.2) is 35.1 Å². The summed E-state index contributed by atoms with van der Waals surface area (Å²) in [4.78, 5) is 0. The van der Waals surface area contributed by atoms with Gasteiger partial charge in [-0.3, -0.25) is 0 Å². The first-order valence-corrected chi connectivity index (χ1v) is 31.4. The van der Waals surface area contributed by atoms with Gasteiger partial charge in [-0.15, -0.1) is 0 Å². The van der Waals surface area contributed by atoms with Crippen LogP contribution in [0.5, 0.6) is 17.2 Å². The Balaban J connectivity index is 0.000000537. The summed E-state index contributed by atoms with van der Waals surface area (Å²) < 4.78 is 119. The maximum Gasteiger partial charge on any atom is 0.194 e. The van der Waals surface area contributed by atoms with Crippen LogP contribution in [0.3, 0.4) is 0 Å². The summed E-state index contributed by atoms with van der Waals surface area (Å²) in [6.45, 7) is 57.5. The highest BCUT2D eigenvalue weighted by atomic mass is 35.5. The quantitative estimate of drug-likeness (QED) is 0.130. The SMILES string of the molecule is CC(C)(C)c1ccc(F)c(F)c1F.COc1cc(C(C)(C)C)ccc1F.COc1ccc(C(C)(C)C)c(Cl)c1F.COc1ccc(C(C)(C)C)cc1F.Cc1cc(C)c(C(C)(C)C)cc1C.Cc1cc(C)c(C)c(C(C)(C)C)c1.Cc1ccc(C(C)(C)C)c(F)c1F. The van der Waals surface area contributed by atoms with Crippen molar-refractivity contribution in [2.24, 2.45) is 0 Å². The number of hydrogen-bond donors (Lipinski definition) is 0. The van der Waals surface area contributed by atoms with Crippen LogP contribution in [0.1, 0.15) is 223 Å². The Morgan fingerprint density at radius 2 is 0.663 bits per heavy atom. The summed E-state index contributed by atoms with van der Waals surface area (Å²) in [6, 6.07) is 28.1. The van der Waals surface area contributed by atoms with Crippen molar-refractivity contribution in [2.45, 2.75) is 232 Å². The largest absolute Gasteiger partial charge is 0.494 e. The fraction of sp³-hybridized carbons (Fsp3) is 0.475. The molecule has 0 saturated heterocycles. The van der Waals surface area contributed by atoms with E-state index in [1.165, 1.54) is 84.0 Å². The number of aryl methyl sites for hydroxylation is 6. The van der Waals surface area contributed by atoms with Crippen LogP contribution in [0.2, 0.25) is 5.02 Å². The van der Waals surface area contributed by atoms with E-state index in [4.69, 9.17) is 25.8 Å². The molecule has 7 aromatic carbocycles. The van der Waals surface area contributed by atoms with Crippen molar-refractivity contribution < 1.29 is 49.3 Å². The summed E-state index contributed by atoms with van der Waals surface area (Å²) in [5.74, 6) is -5.37. The van der Waals surface area contributed by atoms with Gasteiger partial charge < -0.3 is 14.2 Å². The predicted octanol–water partition coefficient (Wildman–Crippen LogP) is 24.8. The molecule has 0 aromatic heterocycles. The molecule has 12 heteroatoms. The minimum atomic E-state index is -1.40. The summed E-state index contributed by atoms with van der Waals surface area (Å²) >= 11 is 5.91. The van der Waals surface area contributed by atoms with E-state index < -0.39 is 40.3 Å². The molecule has 0 aliphatic rings. The average molecular weight is 1310 g/mol. The van der Waals surface area contributed by atoms with Gasteiger partial charge in [-0.1, -0.05) is 223 Å². The lowest BCUT2D eigenvalue weighted by molar-refractivity contribution is 0.384. The molecule has 0 heterocycles. The van der Waals surface area contributed by atoms with Crippen LogP contribution in [0.4, 0.5) is 35.1 Å². The second kappa shape index (κ2) is 33.7. The molecule has 510 valence electrons. The molecule has 0 amide bonds. The molecule has 0 spiro atoms. The number of halogens is 9. The van der Waals surface area contributed by atoms with Crippen LogP contribution in [0.15, 0.2) is 97.1 Å². The fourth-order valence-corrected chi connectivity index (χ4v) is 9.89. The molecule has 0 bridgehead atoms. The second-order valence-electron chi connectivity index (χ2n) is 30.7. The van der Waals surface area contributed by atoms with Gasteiger partial charge >= 0.3 is 0 Å². The Hall–Kier alpha value is -6.33. The maximum absolute atomic E-state index is 13.5. The van der Waals surface area contributed by atoms with Gasteiger partial charge in [0, 0.05) is 0 Å². The van der Waals surface area contributed by atoms with Crippen LogP contribution in [-0.4, -0.2) is 21.3 Å². The van der Waals surface area contributed by atoms with Crippen LogP contribution in [-0.2, 0) is 37.9 Å². The minimum absolute atomic E-state index is 0.0207. The van der Waals surface area contributed by atoms with E-state index in [0.29, 0.717) is 22.6 Å². The zero-order valence-electron chi connectivity index (χ0n) is 61.4. The van der Waals surface area contributed by atoms with Crippen molar-refractivity contribution in [3.8, 4) is 17.2 Å². The van der Waals surface area contributed by atoms with Crippen LogP contribution in [0.25, 0.3) is 0 Å². The highest BCUT2D eigenvalue weighted by Gasteiger charge is 2.26. The lowest BCUT2D eigenvalue weighted by atomic mass is 9.82. The Morgan fingerprint density at radius 1 is 0.272 bits per heavy atom. The Kier molecular flexibility index (Phi) is 30.6. The summed E-state index contributed by atoms with van der Waals surface area (Å²) in [6.07, 6.45) is 0. The third kappa shape index (κ3) is 25.2. The van der Waals surface area contributed by atoms with Gasteiger partial charge in [-0.2, -0.15) is 0 Å². The molecule has 7 rings (SSSR count). The standard InChI is InChI=1S/2C13H20.C11H14ClFO.C11H14F2.2C11H15FO.C10H11F3/c1-9-7-11(3)12(8-10(9)2)13(4,5)6;1-9-7-10(2)11(3)12(8-9)13(4,5)6;1-11(2,3)7-5-6-8(14-4)10(13)9(7)12;1-7-5-6-8(11(2,3)4)10(13)9(7)12;1-11(2,3)8-5-6-10(13-4)9(12)7-8;1-11(2,3)8-5-6-9(12)10(7-8)13-4;1-10(2,3)6-4-5-7(11)9(13)8(6)12/h2*7-8H,1-6H3;5-6H,1-4H3;5-6H,1-4H3;2*5-7H,1-4H3;4-5H,1-3H3. The first-order chi connectivity index (χ1) is 41.6. The van der Waals surface area contributed by atoms with Crippen LogP contribution in [0, 0.1) is 95.0 Å². The monoisotopic (exact) mass is 1300 g/mol. The summed E-state index contributed by atoms with van der Waals surface area (Å²) in [5, 5.41) is 0.150. The van der Waals surface area contributed by atoms with Gasteiger partial charge in [-0.05, 0) is 195 Å². The zero-order chi connectivity index (χ0) is 71.9. The number of benzene rings is 7. The van der Waals surface area contributed by atoms with Gasteiger partial charge in [0.15, 0.2) is 63.8 Å². The van der Waals surface area contributed by atoms with Gasteiger partial charge in [0.1, 0.15) is 0 Å². The van der Waals surface area contributed by atoms with Gasteiger partial charge in [0.2, 0.25) is 0 Å². The van der Waals surface area contributed by atoms with E-state index in [9.17, 15) is 35.1 Å². The molecule has 0 N–H and O–H groups in total. The van der Waals surface area contributed by atoms with E-state index in [-0.39, 0.29) is 60.5 Å². The Labute approximate surface area is 555 Å². The highest BCUT2D eigenvalue weighted by Crippen LogP contribution is 2.36. The van der Waals surface area contributed by atoms with E-state index in [1.54, 1.807) is 70.2 Å². The smallest absolute Gasteiger partial charge is 0.194 e. The lowest BCUT2D eigenvalue weighted by Gasteiger charge is -2.23. The minimum Gasteiger partial charge on any atom is -0.494 e. The zero-order valence-corrected chi connectivity index (χ0v) is 62.1. The summed E-state index contributed by atoms with van der Waals surface area (Å²) in [7, 11) is 4.37. The molecule has 0 saturated carbocycles. The van der Waals surface area contributed by atoms with Crippen molar-refractivity contribution in [1.29, 1.82) is 0 Å². The topological polar surface area (TPSA) is 27.7 Å². The molecule has 0 radical (unpaired) electrons. The van der Waals surface area contributed by atoms with Crippen LogP contribution < -0.4 is 14.2 Å². The second-order valence-corrected chi connectivity index (χ2v) is 31.1. The third-order valence-corrected chi connectivity index (χ3v) is 15.7. The number of hydrogen-bond acceptors (Lipinski definition) is 3. The third-order valence-electron chi connectivity index (χ3n) is 15.3. The Bertz CT molecular complexity index is 3450. The maximum atomic E-state index is 13.5. The normalized spacial score (nSPS) is 11.7. The van der Waals surface area contributed by atoms with Crippen molar-refractivity contribution in [2.75, 3.05) is 21.3 Å². The molecule has 3 nitrogen and oxygen atoms in total. The first-order valence-electron chi connectivity index (χ1n) is 31.1. The highest BCUT2D eigenvalue weighted by molar-refractivity contribution is 6.31. The lowest BCUT2D eigenvalue weighted by Crippen LogP contribution is -2.15. The van der Waals surface area contributed by atoms with Crippen molar-refractivity contribution in [3.05, 3.63) is 227 Å². The fourth-order valence-electron chi connectivity index (χ4n) is 9.45. The molecular formula is C80H109ClF8O3. The van der Waals surface area contributed by atoms with Crippen molar-refractivity contribution in [1.82, 2.24) is 0 Å². The molecule has 0 fully saturated rings. The predicted molar refractivity (Wildman–Crippen MR) is 373 cm³/mol. The molecule has 0 aliphatic heterocycles. The van der Waals surface area contributed by atoms with Crippen molar-refractivity contribution in [3.63, 3.8) is 0 Å².